The summed E-state index contributed by atoms with van der Waals surface area (Å²) in [6.45, 7) is 4.34. The molecule has 0 radical (unpaired) electrons. The average molecular weight is 406 g/mol. The van der Waals surface area contributed by atoms with E-state index < -0.39 is 47.2 Å². The van der Waals surface area contributed by atoms with E-state index in [4.69, 9.17) is 4.52 Å². The molecule has 0 N–H and O–H groups in total. The lowest BCUT2D eigenvalue weighted by molar-refractivity contribution is -0.275. The molecule has 1 unspecified atom stereocenters. The summed E-state index contributed by atoms with van der Waals surface area (Å²) in [5.74, 6) is -0.954. The Morgan fingerprint density at radius 2 is 1.84 bits per heavy atom. The number of ether oxygens (including phenoxy) is 1. The third-order valence-electron chi connectivity index (χ3n) is 2.67. The van der Waals surface area contributed by atoms with Gasteiger partial charge in [-0.2, -0.15) is 8.42 Å². The largest absolute Gasteiger partial charge is 0.573 e. The lowest BCUT2D eigenvalue weighted by Gasteiger charge is -2.19. The first-order valence-corrected chi connectivity index (χ1v) is 10.0. The van der Waals surface area contributed by atoms with Crippen molar-refractivity contribution in [1.82, 2.24) is 0 Å². The van der Waals surface area contributed by atoms with E-state index in [9.17, 15) is 26.2 Å². The number of benzene rings is 1. The van der Waals surface area contributed by atoms with Crippen LogP contribution in [0.4, 0.5) is 13.2 Å². The lowest BCUT2D eigenvalue weighted by Crippen LogP contribution is -2.20. The molecule has 0 fully saturated rings. The van der Waals surface area contributed by atoms with E-state index in [1.165, 1.54) is 32.9 Å². The highest BCUT2D eigenvalue weighted by Gasteiger charge is 2.36. The normalized spacial score (nSPS) is 15.2. The molecule has 0 saturated heterocycles. The predicted octanol–water partition coefficient (Wildman–Crippen LogP) is 3.82. The number of halogens is 3. The van der Waals surface area contributed by atoms with E-state index >= 15 is 0 Å². The summed E-state index contributed by atoms with van der Waals surface area (Å²) in [6.07, 6.45) is -6.65. The van der Waals surface area contributed by atoms with Crippen molar-refractivity contribution < 1.29 is 44.1 Å². The van der Waals surface area contributed by atoms with Gasteiger partial charge in [0, 0.05) is 7.11 Å². The Hall–Kier alpha value is -1.13. The third kappa shape index (κ3) is 6.59. The van der Waals surface area contributed by atoms with Crippen molar-refractivity contribution >= 4 is 17.7 Å². The molecular formula is C13H18F3O7PS. The van der Waals surface area contributed by atoms with E-state index in [1.54, 1.807) is 0 Å². The summed E-state index contributed by atoms with van der Waals surface area (Å²) in [7, 11) is -7.61. The fourth-order valence-electron chi connectivity index (χ4n) is 1.79. The van der Waals surface area contributed by atoms with E-state index in [-0.39, 0.29) is 5.56 Å². The van der Waals surface area contributed by atoms with Crippen LogP contribution in [0.15, 0.2) is 23.1 Å². The molecule has 1 aromatic rings. The van der Waals surface area contributed by atoms with Gasteiger partial charge in [-0.05, 0) is 32.4 Å². The van der Waals surface area contributed by atoms with Crippen LogP contribution in [0.5, 0.6) is 5.75 Å². The molecule has 0 aromatic heterocycles. The molecule has 25 heavy (non-hydrogen) atoms. The zero-order chi connectivity index (χ0) is 19.5. The second-order valence-electron chi connectivity index (χ2n) is 5.10. The molecule has 0 spiro atoms. The number of rotatable bonds is 8. The van der Waals surface area contributed by atoms with Gasteiger partial charge in [-0.1, -0.05) is 12.1 Å². The van der Waals surface area contributed by atoms with Crippen molar-refractivity contribution in [2.75, 3.05) is 13.5 Å². The number of hydrogen-bond acceptors (Lipinski definition) is 7. The fraction of sp³-hybridized carbons (Fsp3) is 0.538. The minimum absolute atomic E-state index is 0.0428. The molecule has 0 aliphatic carbocycles. The Bertz CT molecular complexity index is 746. The Morgan fingerprint density at radius 3 is 2.32 bits per heavy atom. The van der Waals surface area contributed by atoms with Gasteiger partial charge in [-0.3, -0.25) is 8.75 Å². The second kappa shape index (κ2) is 8.05. The lowest BCUT2D eigenvalue weighted by atomic mass is 10.2. The number of aryl methyl sites for hydroxylation is 1. The molecule has 7 nitrogen and oxygen atoms in total. The molecule has 0 heterocycles. The molecule has 1 atom stereocenters. The van der Waals surface area contributed by atoms with E-state index in [2.05, 4.69) is 13.4 Å². The van der Waals surface area contributed by atoms with Crippen LogP contribution < -0.4 is 4.74 Å². The smallest absolute Gasteiger partial charge is 0.404 e. The first kappa shape index (κ1) is 21.9. The Kier molecular flexibility index (Phi) is 7.05. The molecule has 0 bridgehead atoms. The van der Waals surface area contributed by atoms with Crippen LogP contribution in [-0.2, 0) is 27.9 Å². The monoisotopic (exact) mass is 406 g/mol. The fourth-order valence-corrected chi connectivity index (χ4v) is 4.69. The highest BCUT2D eigenvalue weighted by molar-refractivity contribution is 7.87. The molecule has 1 rings (SSSR count). The molecular weight excluding hydrogens is 388 g/mol. The molecule has 0 aliphatic rings. The topological polar surface area (TPSA) is 88.1 Å². The highest BCUT2D eigenvalue weighted by Crippen LogP contribution is 2.49. The molecule has 12 heteroatoms. The zero-order valence-corrected chi connectivity index (χ0v) is 15.6. The maximum absolute atomic E-state index is 12.5. The molecule has 1 aromatic carbocycles. The summed E-state index contributed by atoms with van der Waals surface area (Å²) in [4.78, 5) is -0.820. The summed E-state index contributed by atoms with van der Waals surface area (Å²) >= 11 is 0. The van der Waals surface area contributed by atoms with Crippen LogP contribution in [-0.4, -0.2) is 34.3 Å². The maximum atomic E-state index is 12.5. The van der Waals surface area contributed by atoms with Crippen molar-refractivity contribution in [3.05, 3.63) is 23.8 Å². The molecule has 0 aliphatic heterocycles. The Morgan fingerprint density at radius 1 is 1.24 bits per heavy atom. The number of hydrogen-bond donors (Lipinski definition) is 0. The van der Waals surface area contributed by atoms with Crippen LogP contribution in [0.3, 0.4) is 0 Å². The quantitative estimate of drug-likeness (QED) is 0.479. The molecule has 144 valence electrons. The highest BCUT2D eigenvalue weighted by atomic mass is 32.2. The second-order valence-corrected chi connectivity index (χ2v) is 8.71. The van der Waals surface area contributed by atoms with Crippen molar-refractivity contribution in [2.24, 2.45) is 0 Å². The molecule has 0 amide bonds. The van der Waals surface area contributed by atoms with Crippen molar-refractivity contribution in [2.45, 2.75) is 38.1 Å². The van der Waals surface area contributed by atoms with Crippen LogP contribution in [0.2, 0.25) is 0 Å². The van der Waals surface area contributed by atoms with E-state index in [0.717, 1.165) is 13.2 Å². The van der Waals surface area contributed by atoms with E-state index in [1.807, 2.05) is 0 Å². The van der Waals surface area contributed by atoms with Crippen LogP contribution in [0.1, 0.15) is 19.4 Å². The summed E-state index contributed by atoms with van der Waals surface area (Å²) in [6, 6.07) is 3.29. The van der Waals surface area contributed by atoms with Gasteiger partial charge in [-0.15, -0.1) is 13.2 Å². The van der Waals surface area contributed by atoms with Crippen LogP contribution >= 0.6 is 7.60 Å². The van der Waals surface area contributed by atoms with Crippen molar-refractivity contribution in [3.63, 3.8) is 0 Å². The van der Waals surface area contributed by atoms with Gasteiger partial charge < -0.3 is 13.8 Å². The maximum Gasteiger partial charge on any atom is 0.573 e. The summed E-state index contributed by atoms with van der Waals surface area (Å²) in [5.41, 5.74) is -0.0428. The van der Waals surface area contributed by atoms with Gasteiger partial charge in [0.2, 0.25) is 0 Å². The standard InChI is InChI=1S/C13H18F3O7PS/c1-9(2)23-24(17,20-4)8-21-25(18,19)12-10(3)6-5-7-11(12)22-13(14,15)16/h5-7,9H,8H2,1-4H3. The van der Waals surface area contributed by atoms with E-state index in [0.29, 0.717) is 0 Å². The third-order valence-corrected chi connectivity index (χ3v) is 6.04. The van der Waals surface area contributed by atoms with Gasteiger partial charge in [0.05, 0.1) is 6.10 Å². The first-order chi connectivity index (χ1) is 11.3. The minimum Gasteiger partial charge on any atom is -0.404 e. The number of alkyl halides is 3. The molecule has 0 saturated carbocycles. The van der Waals surface area contributed by atoms with Gasteiger partial charge in [0.1, 0.15) is 4.90 Å². The first-order valence-electron chi connectivity index (χ1n) is 6.87. The van der Waals surface area contributed by atoms with Crippen LogP contribution in [0, 0.1) is 6.92 Å². The summed E-state index contributed by atoms with van der Waals surface area (Å²) < 4.78 is 92.3. The zero-order valence-electron chi connectivity index (χ0n) is 13.9. The SMILES string of the molecule is COP(=O)(COS(=O)(=O)c1c(C)cccc1OC(F)(F)F)OC(C)C. The minimum atomic E-state index is -5.10. The van der Waals surface area contributed by atoms with Gasteiger partial charge in [-0.25, -0.2) is 0 Å². The van der Waals surface area contributed by atoms with Gasteiger partial charge >= 0.3 is 24.1 Å². The summed E-state index contributed by atoms with van der Waals surface area (Å²) in [5, 5.41) is 0. The van der Waals surface area contributed by atoms with Gasteiger partial charge in [0.15, 0.2) is 12.1 Å². The van der Waals surface area contributed by atoms with Crippen molar-refractivity contribution in [1.29, 1.82) is 0 Å². The predicted molar refractivity (Wildman–Crippen MR) is 81.8 cm³/mol. The van der Waals surface area contributed by atoms with Crippen LogP contribution in [0.25, 0.3) is 0 Å². The van der Waals surface area contributed by atoms with Crippen molar-refractivity contribution in [3.8, 4) is 5.75 Å². The average Bonchev–Trinajstić information content (AvgIpc) is 2.42. The Labute approximate surface area is 143 Å². The van der Waals surface area contributed by atoms with Gasteiger partial charge in [0.25, 0.3) is 0 Å². The Balaban J connectivity index is 3.16.